The molecule has 0 saturated carbocycles. The Morgan fingerprint density at radius 2 is 2.16 bits per heavy atom. The molecule has 106 valence electrons. The summed E-state index contributed by atoms with van der Waals surface area (Å²) in [6.45, 7) is 6.27. The number of anilines is 1. The number of rotatable bonds is 6. The van der Waals surface area contributed by atoms with Gasteiger partial charge in [-0.3, -0.25) is 9.00 Å². The van der Waals surface area contributed by atoms with Crippen molar-refractivity contribution in [2.45, 2.75) is 43.8 Å². The van der Waals surface area contributed by atoms with Gasteiger partial charge in [-0.05, 0) is 38.0 Å². The van der Waals surface area contributed by atoms with Crippen molar-refractivity contribution < 1.29 is 9.00 Å². The van der Waals surface area contributed by atoms with Gasteiger partial charge in [0, 0.05) is 12.2 Å². The summed E-state index contributed by atoms with van der Waals surface area (Å²) in [4.78, 5) is 12.4. The first-order valence-corrected chi connectivity index (χ1v) is 7.73. The normalized spacial score (nSPS) is 13.8. The molecular weight excluding hydrogens is 260 g/mol. The highest BCUT2D eigenvalue weighted by Gasteiger charge is 2.22. The minimum absolute atomic E-state index is 0.188. The van der Waals surface area contributed by atoms with E-state index < -0.39 is 16.0 Å². The maximum Gasteiger partial charge on any atom is 0.235 e. The van der Waals surface area contributed by atoms with Gasteiger partial charge in [-0.15, -0.1) is 0 Å². The van der Waals surface area contributed by atoms with Gasteiger partial charge in [0.2, 0.25) is 5.91 Å². The van der Waals surface area contributed by atoms with Crippen LogP contribution < -0.4 is 11.1 Å². The fourth-order valence-electron chi connectivity index (χ4n) is 1.67. The van der Waals surface area contributed by atoms with Crippen molar-refractivity contribution in [3.63, 3.8) is 0 Å². The number of benzene rings is 1. The Hall–Kier alpha value is -1.36. The van der Waals surface area contributed by atoms with Crippen molar-refractivity contribution in [1.82, 2.24) is 5.32 Å². The Labute approximate surface area is 117 Å². The zero-order valence-electron chi connectivity index (χ0n) is 11.7. The number of hydrogen-bond donors (Lipinski definition) is 2. The number of aryl methyl sites for hydroxylation is 1. The van der Waals surface area contributed by atoms with Crippen molar-refractivity contribution in [3.05, 3.63) is 23.8 Å². The molecule has 0 fully saturated rings. The third-order valence-corrected chi connectivity index (χ3v) is 4.56. The Bertz CT molecular complexity index is 475. The minimum Gasteiger partial charge on any atom is -0.398 e. The summed E-state index contributed by atoms with van der Waals surface area (Å²) in [5.74, 6) is -0.188. The van der Waals surface area contributed by atoms with Crippen LogP contribution in [0.3, 0.4) is 0 Å². The maximum atomic E-state index is 12.3. The molecule has 1 amide bonds. The third-order valence-electron chi connectivity index (χ3n) is 2.90. The van der Waals surface area contributed by atoms with Crippen LogP contribution in [-0.4, -0.2) is 21.9 Å². The van der Waals surface area contributed by atoms with Crippen LogP contribution in [0.25, 0.3) is 0 Å². The van der Waals surface area contributed by atoms with Crippen LogP contribution in [-0.2, 0) is 15.6 Å². The minimum atomic E-state index is -1.42. The van der Waals surface area contributed by atoms with Gasteiger partial charge in [-0.2, -0.15) is 0 Å². The Balaban J connectivity index is 2.73. The molecule has 3 N–H and O–H groups in total. The molecule has 0 spiro atoms. The summed E-state index contributed by atoms with van der Waals surface area (Å²) in [6.07, 6.45) is 1.94. The Morgan fingerprint density at radius 1 is 1.47 bits per heavy atom. The van der Waals surface area contributed by atoms with Gasteiger partial charge < -0.3 is 11.1 Å². The zero-order chi connectivity index (χ0) is 14.4. The van der Waals surface area contributed by atoms with E-state index in [4.69, 9.17) is 5.73 Å². The van der Waals surface area contributed by atoms with E-state index in [2.05, 4.69) is 12.2 Å². The van der Waals surface area contributed by atoms with Crippen molar-refractivity contribution in [1.29, 1.82) is 0 Å². The summed E-state index contributed by atoms with van der Waals surface area (Å²) in [5.41, 5.74) is 7.35. The fourth-order valence-corrected chi connectivity index (χ4v) is 2.82. The summed E-state index contributed by atoms with van der Waals surface area (Å²) < 4.78 is 12.3. The molecule has 5 heteroatoms. The largest absolute Gasteiger partial charge is 0.398 e. The van der Waals surface area contributed by atoms with Crippen molar-refractivity contribution >= 4 is 22.4 Å². The summed E-state index contributed by atoms with van der Waals surface area (Å²) in [5, 5.41) is 2.20. The van der Waals surface area contributed by atoms with E-state index in [9.17, 15) is 9.00 Å². The van der Waals surface area contributed by atoms with Gasteiger partial charge >= 0.3 is 0 Å². The van der Waals surface area contributed by atoms with Crippen molar-refractivity contribution in [3.8, 4) is 0 Å². The molecule has 0 aliphatic carbocycles. The van der Waals surface area contributed by atoms with Gasteiger partial charge in [0.1, 0.15) is 5.25 Å². The quantitative estimate of drug-likeness (QED) is 0.619. The number of unbranched alkanes of at least 4 members (excludes halogenated alkanes) is 1. The van der Waals surface area contributed by atoms with Gasteiger partial charge in [-0.25, -0.2) is 0 Å². The summed E-state index contributed by atoms with van der Waals surface area (Å²) in [6, 6.07) is 5.36. The van der Waals surface area contributed by atoms with Gasteiger partial charge in [0.05, 0.1) is 15.7 Å². The molecule has 0 aromatic heterocycles. The molecular formula is C14H22N2O2S. The van der Waals surface area contributed by atoms with Gasteiger partial charge in [0.25, 0.3) is 0 Å². The van der Waals surface area contributed by atoms with E-state index in [1.165, 1.54) is 0 Å². The highest BCUT2D eigenvalue weighted by molar-refractivity contribution is 7.86. The van der Waals surface area contributed by atoms with Crippen LogP contribution in [0.2, 0.25) is 0 Å². The third kappa shape index (κ3) is 4.35. The first kappa shape index (κ1) is 15.7. The second kappa shape index (κ2) is 7.28. The lowest BCUT2D eigenvalue weighted by Crippen LogP contribution is -2.36. The van der Waals surface area contributed by atoms with Crippen LogP contribution in [0.5, 0.6) is 0 Å². The number of carbonyl (C=O) groups is 1. The van der Waals surface area contributed by atoms with Crippen LogP contribution in [0, 0.1) is 6.92 Å². The average molecular weight is 282 g/mol. The lowest BCUT2D eigenvalue weighted by atomic mass is 10.2. The standard InChI is InChI=1S/C14H22N2O2S/c1-4-5-8-16-14(17)11(3)19(18)13-7-6-10(2)9-12(13)15/h6-7,9,11H,4-5,8,15H2,1-3H3,(H,16,17). The highest BCUT2D eigenvalue weighted by Crippen LogP contribution is 2.20. The van der Waals surface area contributed by atoms with Crippen LogP contribution in [0.4, 0.5) is 5.69 Å². The SMILES string of the molecule is CCCCNC(=O)C(C)S(=O)c1ccc(C)cc1N. The molecule has 19 heavy (non-hydrogen) atoms. The van der Waals surface area contributed by atoms with Crippen molar-refractivity contribution in [2.24, 2.45) is 0 Å². The Morgan fingerprint density at radius 3 is 2.74 bits per heavy atom. The molecule has 2 atom stereocenters. The average Bonchev–Trinajstić information content (AvgIpc) is 2.37. The predicted octanol–water partition coefficient (Wildman–Crippen LogP) is 1.99. The van der Waals surface area contributed by atoms with E-state index in [1.54, 1.807) is 19.1 Å². The number of nitrogens with one attached hydrogen (secondary N) is 1. The van der Waals surface area contributed by atoms with Crippen molar-refractivity contribution in [2.75, 3.05) is 12.3 Å². The Kier molecular flexibility index (Phi) is 6.02. The fraction of sp³-hybridized carbons (Fsp3) is 0.500. The second-order valence-electron chi connectivity index (χ2n) is 4.63. The number of amides is 1. The molecule has 0 aliphatic rings. The second-order valence-corrected chi connectivity index (χ2v) is 6.37. The number of nitrogen functional groups attached to an aromatic ring is 1. The molecule has 0 radical (unpaired) electrons. The smallest absolute Gasteiger partial charge is 0.235 e. The molecule has 4 nitrogen and oxygen atoms in total. The molecule has 1 aromatic carbocycles. The van der Waals surface area contributed by atoms with Gasteiger partial charge in [0.15, 0.2) is 0 Å². The number of carbonyl (C=O) groups excluding carboxylic acids is 1. The van der Waals surface area contributed by atoms with Crippen LogP contribution in [0.15, 0.2) is 23.1 Å². The number of nitrogens with two attached hydrogens (primary N) is 1. The monoisotopic (exact) mass is 282 g/mol. The van der Waals surface area contributed by atoms with E-state index in [-0.39, 0.29) is 5.91 Å². The lowest BCUT2D eigenvalue weighted by Gasteiger charge is -2.13. The molecule has 0 heterocycles. The predicted molar refractivity (Wildman–Crippen MR) is 79.4 cm³/mol. The zero-order valence-corrected chi connectivity index (χ0v) is 12.5. The summed E-state index contributed by atoms with van der Waals surface area (Å²) >= 11 is 0. The lowest BCUT2D eigenvalue weighted by molar-refractivity contribution is -0.120. The van der Waals surface area contributed by atoms with Gasteiger partial charge in [-0.1, -0.05) is 19.4 Å². The van der Waals surface area contributed by atoms with Crippen LogP contribution in [0.1, 0.15) is 32.3 Å². The molecule has 2 unspecified atom stereocenters. The topological polar surface area (TPSA) is 72.2 Å². The molecule has 1 rings (SSSR count). The summed E-state index contributed by atoms with van der Waals surface area (Å²) in [7, 11) is -1.42. The molecule has 1 aromatic rings. The van der Waals surface area contributed by atoms with E-state index in [0.29, 0.717) is 17.1 Å². The molecule has 0 bridgehead atoms. The van der Waals surface area contributed by atoms with Crippen LogP contribution >= 0.6 is 0 Å². The number of hydrogen-bond acceptors (Lipinski definition) is 3. The first-order chi connectivity index (χ1) is 8.97. The highest BCUT2D eigenvalue weighted by atomic mass is 32.2. The van der Waals surface area contributed by atoms with E-state index >= 15 is 0 Å². The van der Waals surface area contributed by atoms with E-state index in [1.807, 2.05) is 13.0 Å². The first-order valence-electron chi connectivity index (χ1n) is 6.51. The molecule has 0 saturated heterocycles. The van der Waals surface area contributed by atoms with E-state index in [0.717, 1.165) is 18.4 Å². The molecule has 0 aliphatic heterocycles. The maximum absolute atomic E-state index is 12.3.